The summed E-state index contributed by atoms with van der Waals surface area (Å²) in [5.74, 6) is -1.32. The van der Waals surface area contributed by atoms with Gasteiger partial charge >= 0.3 is 12.1 Å². The monoisotopic (exact) mass is 620 g/mol. The maximum absolute atomic E-state index is 13.3. The number of para-hydroxylation sites is 1. The van der Waals surface area contributed by atoms with Gasteiger partial charge in [-0.05, 0) is 65.7 Å². The third-order valence-electron chi connectivity index (χ3n) is 6.14. The van der Waals surface area contributed by atoms with E-state index in [1.807, 2.05) is 48.5 Å². The van der Waals surface area contributed by atoms with Crippen molar-refractivity contribution < 1.29 is 37.4 Å². The highest BCUT2D eigenvalue weighted by molar-refractivity contribution is 7.98. The van der Waals surface area contributed by atoms with Crippen molar-refractivity contribution in [3.8, 4) is 11.5 Å². The minimum absolute atomic E-state index is 0.0433. The molecule has 0 heterocycles. The predicted molar refractivity (Wildman–Crippen MR) is 162 cm³/mol. The van der Waals surface area contributed by atoms with Gasteiger partial charge in [-0.25, -0.2) is 4.79 Å². The molecule has 0 bridgehead atoms. The standard InChI is InChI=1S/C33H27F3N2O5S/c34-33(35,36)25-15-13-24(14-16-25)30(39)37-28(19-22-11-17-27(18-12-22)43-26-9-5-2-6-10-26)31(40)38-29(32(41)42)21-44-20-23-7-3-1-4-8-23/h1-19,29H,20-21H2,(H,37,39)(H,38,40)(H,41,42)/t29-/m0/s1. The van der Waals surface area contributed by atoms with Crippen LogP contribution in [-0.4, -0.2) is 34.7 Å². The molecule has 0 radical (unpaired) electrons. The average molecular weight is 621 g/mol. The molecule has 4 rings (SSSR count). The summed E-state index contributed by atoms with van der Waals surface area (Å²) in [4.78, 5) is 38.2. The van der Waals surface area contributed by atoms with E-state index < -0.39 is 35.6 Å². The van der Waals surface area contributed by atoms with Crippen molar-refractivity contribution in [3.63, 3.8) is 0 Å². The Bertz CT molecular complexity index is 1600. The fraction of sp³-hybridized carbons (Fsp3) is 0.121. The van der Waals surface area contributed by atoms with Crippen molar-refractivity contribution in [2.24, 2.45) is 0 Å². The second-order valence-corrected chi connectivity index (χ2v) is 10.5. The van der Waals surface area contributed by atoms with Gasteiger partial charge in [-0.15, -0.1) is 0 Å². The fourth-order valence-corrected chi connectivity index (χ4v) is 4.87. The normalized spacial score (nSPS) is 12.2. The number of carboxylic acid groups (broad SMARTS) is 1. The Kier molecular flexibility index (Phi) is 10.8. The summed E-state index contributed by atoms with van der Waals surface area (Å²) in [6.45, 7) is 0. The molecule has 0 fully saturated rings. The number of aliphatic carboxylic acids is 1. The molecule has 7 nitrogen and oxygen atoms in total. The van der Waals surface area contributed by atoms with E-state index in [2.05, 4.69) is 10.6 Å². The molecule has 11 heteroatoms. The lowest BCUT2D eigenvalue weighted by Crippen LogP contribution is -2.45. The molecule has 0 saturated heterocycles. The zero-order valence-electron chi connectivity index (χ0n) is 23.1. The largest absolute Gasteiger partial charge is 0.480 e. The van der Waals surface area contributed by atoms with Gasteiger partial charge < -0.3 is 20.5 Å². The van der Waals surface area contributed by atoms with Gasteiger partial charge in [0, 0.05) is 17.1 Å². The molecular weight excluding hydrogens is 593 g/mol. The molecule has 4 aromatic rings. The van der Waals surface area contributed by atoms with Crippen molar-refractivity contribution in [1.82, 2.24) is 10.6 Å². The highest BCUT2D eigenvalue weighted by Gasteiger charge is 2.30. The number of hydrogen-bond donors (Lipinski definition) is 3. The molecule has 44 heavy (non-hydrogen) atoms. The molecule has 0 spiro atoms. The van der Waals surface area contributed by atoms with Gasteiger partial charge in [-0.2, -0.15) is 24.9 Å². The number of alkyl halides is 3. The topological polar surface area (TPSA) is 105 Å². The highest BCUT2D eigenvalue weighted by Crippen LogP contribution is 2.29. The summed E-state index contributed by atoms with van der Waals surface area (Å²) in [6.07, 6.45) is -3.25. The second-order valence-electron chi connectivity index (χ2n) is 9.44. The van der Waals surface area contributed by atoms with E-state index in [1.54, 1.807) is 36.4 Å². The number of ether oxygens (including phenoxy) is 1. The zero-order chi connectivity index (χ0) is 31.5. The van der Waals surface area contributed by atoms with Crippen LogP contribution in [0.3, 0.4) is 0 Å². The van der Waals surface area contributed by atoms with E-state index in [0.29, 0.717) is 22.8 Å². The van der Waals surface area contributed by atoms with Crippen molar-refractivity contribution in [3.05, 3.63) is 137 Å². The van der Waals surface area contributed by atoms with Gasteiger partial charge in [0.2, 0.25) is 0 Å². The van der Waals surface area contributed by atoms with Crippen LogP contribution in [0.2, 0.25) is 0 Å². The van der Waals surface area contributed by atoms with Crippen molar-refractivity contribution >= 4 is 35.6 Å². The zero-order valence-corrected chi connectivity index (χ0v) is 23.9. The van der Waals surface area contributed by atoms with Crippen LogP contribution in [0.1, 0.15) is 27.0 Å². The SMILES string of the molecule is O=C(N[C@@H](CSCc1ccccc1)C(=O)O)C(=Cc1ccc(Oc2ccccc2)cc1)NC(=O)c1ccc(C(F)(F)F)cc1. The lowest BCUT2D eigenvalue weighted by molar-refractivity contribution is -0.140. The summed E-state index contributed by atoms with van der Waals surface area (Å²) in [6, 6.07) is 27.2. The minimum Gasteiger partial charge on any atom is -0.480 e. The van der Waals surface area contributed by atoms with Crippen molar-refractivity contribution in [1.29, 1.82) is 0 Å². The van der Waals surface area contributed by atoms with Gasteiger partial charge in [0.25, 0.3) is 11.8 Å². The molecule has 0 aliphatic rings. The molecule has 1 atom stereocenters. The summed E-state index contributed by atoms with van der Waals surface area (Å²) in [7, 11) is 0. The van der Waals surface area contributed by atoms with E-state index in [1.165, 1.54) is 17.8 Å². The van der Waals surface area contributed by atoms with Gasteiger partial charge in [0.1, 0.15) is 23.2 Å². The van der Waals surface area contributed by atoms with Crippen LogP contribution in [0.4, 0.5) is 13.2 Å². The number of halogens is 3. The Morgan fingerprint density at radius 2 is 1.41 bits per heavy atom. The second kappa shape index (κ2) is 14.9. The number of carbonyl (C=O) groups excluding carboxylic acids is 2. The summed E-state index contributed by atoms with van der Waals surface area (Å²) in [5.41, 5.74) is 0.0887. The van der Waals surface area contributed by atoms with Crippen molar-refractivity contribution in [2.75, 3.05) is 5.75 Å². The number of benzene rings is 4. The quantitative estimate of drug-likeness (QED) is 0.151. The number of amides is 2. The number of nitrogens with one attached hydrogen (secondary N) is 2. The van der Waals surface area contributed by atoms with Crippen LogP contribution in [0, 0.1) is 0 Å². The molecule has 4 aromatic carbocycles. The summed E-state index contributed by atoms with van der Waals surface area (Å²) >= 11 is 1.31. The third-order valence-corrected chi connectivity index (χ3v) is 7.24. The first-order valence-electron chi connectivity index (χ1n) is 13.3. The summed E-state index contributed by atoms with van der Waals surface area (Å²) in [5, 5.41) is 14.6. The van der Waals surface area contributed by atoms with Gasteiger partial charge in [-0.3, -0.25) is 9.59 Å². The fourth-order valence-electron chi connectivity index (χ4n) is 3.87. The van der Waals surface area contributed by atoms with Gasteiger partial charge in [0.05, 0.1) is 5.56 Å². The maximum Gasteiger partial charge on any atom is 0.416 e. The van der Waals surface area contributed by atoms with E-state index in [4.69, 9.17) is 4.74 Å². The molecule has 0 unspecified atom stereocenters. The molecule has 0 aliphatic carbocycles. The number of thioether (sulfide) groups is 1. The lowest BCUT2D eigenvalue weighted by atomic mass is 10.1. The van der Waals surface area contributed by atoms with Crippen LogP contribution in [-0.2, 0) is 21.5 Å². The molecule has 226 valence electrons. The molecule has 0 saturated carbocycles. The Balaban J connectivity index is 1.53. The van der Waals surface area contributed by atoms with Crippen LogP contribution >= 0.6 is 11.8 Å². The minimum atomic E-state index is -4.58. The molecular formula is C33H27F3N2O5S. The van der Waals surface area contributed by atoms with E-state index in [0.717, 1.165) is 29.8 Å². The van der Waals surface area contributed by atoms with Crippen LogP contribution in [0.25, 0.3) is 6.08 Å². The first kappa shape index (κ1) is 31.9. The summed E-state index contributed by atoms with van der Waals surface area (Å²) < 4.78 is 44.7. The van der Waals surface area contributed by atoms with Gasteiger partial charge in [-0.1, -0.05) is 60.7 Å². The third kappa shape index (κ3) is 9.50. The predicted octanol–water partition coefficient (Wildman–Crippen LogP) is 6.77. The molecule has 3 N–H and O–H groups in total. The first-order chi connectivity index (χ1) is 21.1. The van der Waals surface area contributed by atoms with Crippen LogP contribution in [0.5, 0.6) is 11.5 Å². The number of carboxylic acids is 1. The average Bonchev–Trinajstić information content (AvgIpc) is 3.01. The van der Waals surface area contributed by atoms with E-state index in [-0.39, 0.29) is 17.0 Å². The van der Waals surface area contributed by atoms with Crippen LogP contribution < -0.4 is 15.4 Å². The Morgan fingerprint density at radius 3 is 2.00 bits per heavy atom. The van der Waals surface area contributed by atoms with Crippen LogP contribution in [0.15, 0.2) is 115 Å². The smallest absolute Gasteiger partial charge is 0.416 e. The Hall–Kier alpha value is -5.03. The molecule has 0 aromatic heterocycles. The Labute approximate surface area is 255 Å². The van der Waals surface area contributed by atoms with E-state index in [9.17, 15) is 32.7 Å². The van der Waals surface area contributed by atoms with E-state index >= 15 is 0 Å². The first-order valence-corrected chi connectivity index (χ1v) is 14.4. The molecule has 0 aliphatic heterocycles. The molecule has 2 amide bonds. The highest BCUT2D eigenvalue weighted by atomic mass is 32.2. The van der Waals surface area contributed by atoms with Gasteiger partial charge in [0.15, 0.2) is 0 Å². The Morgan fingerprint density at radius 1 is 0.818 bits per heavy atom. The van der Waals surface area contributed by atoms with Crippen molar-refractivity contribution in [2.45, 2.75) is 18.0 Å². The lowest BCUT2D eigenvalue weighted by Gasteiger charge is -2.17. The number of carbonyl (C=O) groups is 3. The number of rotatable bonds is 12. The number of hydrogen-bond acceptors (Lipinski definition) is 5. The maximum atomic E-state index is 13.3.